The van der Waals surface area contributed by atoms with Crippen LogP contribution in [0.2, 0.25) is 0 Å². The van der Waals surface area contributed by atoms with E-state index in [1.54, 1.807) is 6.20 Å². The van der Waals surface area contributed by atoms with Gasteiger partial charge >= 0.3 is 0 Å². The summed E-state index contributed by atoms with van der Waals surface area (Å²) in [5.41, 5.74) is 1.60. The number of imidazole rings is 1. The summed E-state index contributed by atoms with van der Waals surface area (Å²) in [7, 11) is 1.94. The van der Waals surface area contributed by atoms with Gasteiger partial charge in [0.15, 0.2) is 0 Å². The van der Waals surface area contributed by atoms with E-state index < -0.39 is 0 Å². The second kappa shape index (κ2) is 7.07. The first-order chi connectivity index (χ1) is 10.2. The molecule has 0 saturated carbocycles. The van der Waals surface area contributed by atoms with Gasteiger partial charge in [0.1, 0.15) is 5.65 Å². The van der Waals surface area contributed by atoms with Crippen LogP contribution in [0.4, 0.5) is 0 Å². The molecule has 2 aromatic rings. The Morgan fingerprint density at radius 2 is 1.96 bits per heavy atom. The van der Waals surface area contributed by atoms with E-state index >= 15 is 0 Å². The lowest BCUT2D eigenvalue weighted by Crippen LogP contribution is -2.48. The molecule has 4 heterocycles. The molecule has 0 spiro atoms. The normalized spacial score (nSPS) is 25.5. The molecule has 2 aliphatic heterocycles. The second-order valence-electron chi connectivity index (χ2n) is 6.29. The Morgan fingerprint density at radius 1 is 1.26 bits per heavy atom. The van der Waals surface area contributed by atoms with Gasteiger partial charge in [-0.15, -0.1) is 24.8 Å². The molecule has 1 N–H and O–H groups in total. The van der Waals surface area contributed by atoms with Crippen molar-refractivity contribution in [3.63, 3.8) is 0 Å². The molecule has 0 aromatic carbocycles. The fourth-order valence-electron chi connectivity index (χ4n) is 3.76. The van der Waals surface area contributed by atoms with Gasteiger partial charge in [-0.05, 0) is 37.8 Å². The van der Waals surface area contributed by atoms with Crippen molar-refractivity contribution in [3.8, 4) is 0 Å². The number of fused-ring (bicyclic) bond motifs is 3. The van der Waals surface area contributed by atoms with Gasteiger partial charge in [-0.3, -0.25) is 4.79 Å². The SMILES string of the molecule is CN(C(=O)c1ccc2nccn2c1)C1CC2CCC(C1)N2.Cl.Cl. The van der Waals surface area contributed by atoms with Gasteiger partial charge in [0.05, 0.1) is 5.56 Å². The third-order valence-electron chi connectivity index (χ3n) is 4.95. The fourth-order valence-corrected chi connectivity index (χ4v) is 3.76. The standard InChI is InChI=1S/C16H20N4O.2ClH/c1-19(14-8-12-3-4-13(9-14)18-12)16(21)11-2-5-15-17-6-7-20(15)10-11;;/h2,5-7,10,12-14,18H,3-4,8-9H2,1H3;2*1H. The van der Waals surface area contributed by atoms with Crippen LogP contribution in [0.25, 0.3) is 5.65 Å². The van der Waals surface area contributed by atoms with Crippen LogP contribution in [0.3, 0.4) is 0 Å². The summed E-state index contributed by atoms with van der Waals surface area (Å²) in [5, 5.41) is 3.62. The molecule has 2 fully saturated rings. The van der Waals surface area contributed by atoms with Gasteiger partial charge in [0.2, 0.25) is 0 Å². The van der Waals surface area contributed by atoms with E-state index in [-0.39, 0.29) is 30.7 Å². The van der Waals surface area contributed by atoms with E-state index in [0.29, 0.717) is 18.1 Å². The first-order valence-corrected chi connectivity index (χ1v) is 7.66. The second-order valence-corrected chi connectivity index (χ2v) is 6.29. The van der Waals surface area contributed by atoms with Gasteiger partial charge in [0.25, 0.3) is 5.91 Å². The van der Waals surface area contributed by atoms with Crippen molar-refractivity contribution < 1.29 is 4.79 Å². The largest absolute Gasteiger partial charge is 0.339 e. The molecule has 5 nitrogen and oxygen atoms in total. The predicted molar refractivity (Wildman–Crippen MR) is 94.7 cm³/mol. The number of hydrogen-bond acceptors (Lipinski definition) is 3. The van der Waals surface area contributed by atoms with Crippen LogP contribution < -0.4 is 5.32 Å². The zero-order valence-corrected chi connectivity index (χ0v) is 14.6. The average molecular weight is 357 g/mol. The van der Waals surface area contributed by atoms with E-state index in [4.69, 9.17) is 0 Å². The molecular formula is C16H22Cl2N4O. The van der Waals surface area contributed by atoms with Gasteiger partial charge in [-0.25, -0.2) is 4.98 Å². The quantitative estimate of drug-likeness (QED) is 0.899. The molecule has 2 unspecified atom stereocenters. The molecule has 126 valence electrons. The van der Waals surface area contributed by atoms with Crippen molar-refractivity contribution in [1.82, 2.24) is 19.6 Å². The first kappa shape index (κ1) is 18.0. The number of hydrogen-bond donors (Lipinski definition) is 1. The molecule has 4 rings (SSSR count). The molecule has 0 aliphatic carbocycles. The van der Waals surface area contributed by atoms with Gasteiger partial charge < -0.3 is 14.6 Å². The number of carbonyl (C=O) groups is 1. The van der Waals surface area contributed by atoms with Gasteiger partial charge in [0, 0.05) is 43.8 Å². The van der Waals surface area contributed by atoms with E-state index in [2.05, 4.69) is 10.3 Å². The van der Waals surface area contributed by atoms with Crippen LogP contribution in [-0.4, -0.2) is 45.4 Å². The van der Waals surface area contributed by atoms with E-state index in [1.165, 1.54) is 12.8 Å². The van der Waals surface area contributed by atoms with Gasteiger partial charge in [-0.2, -0.15) is 0 Å². The Labute approximate surface area is 148 Å². The van der Waals surface area contributed by atoms with E-state index in [9.17, 15) is 4.79 Å². The van der Waals surface area contributed by atoms with Crippen molar-refractivity contribution in [3.05, 3.63) is 36.3 Å². The topological polar surface area (TPSA) is 49.6 Å². The third-order valence-corrected chi connectivity index (χ3v) is 4.95. The van der Waals surface area contributed by atoms with Crippen molar-refractivity contribution >= 4 is 36.4 Å². The third kappa shape index (κ3) is 3.32. The minimum atomic E-state index is 0. The summed E-state index contributed by atoms with van der Waals surface area (Å²) < 4.78 is 1.90. The first-order valence-electron chi connectivity index (χ1n) is 7.66. The number of nitrogens with one attached hydrogen (secondary N) is 1. The molecule has 7 heteroatoms. The van der Waals surface area contributed by atoms with Crippen LogP contribution in [0.1, 0.15) is 36.0 Å². The summed E-state index contributed by atoms with van der Waals surface area (Å²) in [6, 6.07) is 5.32. The molecule has 2 aromatic heterocycles. The highest BCUT2D eigenvalue weighted by molar-refractivity contribution is 5.94. The lowest BCUT2D eigenvalue weighted by Gasteiger charge is -2.35. The molecule has 2 bridgehead atoms. The van der Waals surface area contributed by atoms with Crippen molar-refractivity contribution in [1.29, 1.82) is 0 Å². The summed E-state index contributed by atoms with van der Waals surface area (Å²) >= 11 is 0. The summed E-state index contributed by atoms with van der Waals surface area (Å²) in [6.07, 6.45) is 10.2. The molecule has 1 amide bonds. The number of pyridine rings is 1. The Balaban J connectivity index is 0.000000960. The molecule has 2 atom stereocenters. The molecule has 2 aliphatic rings. The predicted octanol–water partition coefficient (Wildman–Crippen LogP) is 2.53. The number of piperidine rings is 1. The Morgan fingerprint density at radius 3 is 2.65 bits per heavy atom. The number of rotatable bonds is 2. The number of halogens is 2. The average Bonchev–Trinajstić information content (AvgIpc) is 3.11. The number of aromatic nitrogens is 2. The number of amides is 1. The highest BCUT2D eigenvalue weighted by atomic mass is 35.5. The number of carbonyl (C=O) groups excluding carboxylic acids is 1. The van der Waals surface area contributed by atoms with Crippen LogP contribution >= 0.6 is 24.8 Å². The number of nitrogens with zero attached hydrogens (tertiary/aromatic N) is 3. The lowest BCUT2D eigenvalue weighted by atomic mass is 9.98. The van der Waals surface area contributed by atoms with Crippen LogP contribution in [0.5, 0.6) is 0 Å². The fraction of sp³-hybridized carbons (Fsp3) is 0.500. The maximum absolute atomic E-state index is 12.7. The lowest BCUT2D eigenvalue weighted by molar-refractivity contribution is 0.0681. The minimum Gasteiger partial charge on any atom is -0.339 e. The summed E-state index contributed by atoms with van der Waals surface area (Å²) in [6.45, 7) is 0. The van der Waals surface area contributed by atoms with Gasteiger partial charge in [-0.1, -0.05) is 0 Å². The zero-order valence-electron chi connectivity index (χ0n) is 13.0. The Hall–Kier alpha value is -1.30. The molecule has 2 saturated heterocycles. The summed E-state index contributed by atoms with van der Waals surface area (Å²) in [5.74, 6) is 0.108. The zero-order chi connectivity index (χ0) is 14.4. The minimum absolute atomic E-state index is 0. The maximum Gasteiger partial charge on any atom is 0.255 e. The van der Waals surface area contributed by atoms with Crippen molar-refractivity contribution in [2.24, 2.45) is 0 Å². The Kier molecular flexibility index (Phi) is 5.55. The van der Waals surface area contributed by atoms with Crippen LogP contribution in [0.15, 0.2) is 30.7 Å². The molecule has 23 heavy (non-hydrogen) atoms. The smallest absolute Gasteiger partial charge is 0.255 e. The van der Waals surface area contributed by atoms with Crippen LogP contribution in [0, 0.1) is 0 Å². The van der Waals surface area contributed by atoms with Crippen LogP contribution in [-0.2, 0) is 0 Å². The molecular weight excluding hydrogens is 335 g/mol. The highest BCUT2D eigenvalue weighted by Gasteiger charge is 2.36. The highest BCUT2D eigenvalue weighted by Crippen LogP contribution is 2.29. The van der Waals surface area contributed by atoms with Crippen molar-refractivity contribution in [2.75, 3.05) is 7.05 Å². The monoisotopic (exact) mass is 356 g/mol. The maximum atomic E-state index is 12.7. The summed E-state index contributed by atoms with van der Waals surface area (Å²) in [4.78, 5) is 18.9. The van der Waals surface area contributed by atoms with Crippen molar-refractivity contribution in [2.45, 2.75) is 43.8 Å². The van der Waals surface area contributed by atoms with E-state index in [0.717, 1.165) is 24.1 Å². The Bertz CT molecular complexity index is 678. The molecule has 0 radical (unpaired) electrons. The van der Waals surface area contributed by atoms with E-state index in [1.807, 2.05) is 40.9 Å².